The molecule has 0 atom stereocenters. The molecule has 1 aliphatic rings. The number of rotatable bonds is 2. The minimum Gasteiger partial charge on any atom is -0.368 e. The van der Waals surface area contributed by atoms with Crippen LogP contribution in [0, 0.1) is 0 Å². The van der Waals surface area contributed by atoms with E-state index in [9.17, 15) is 0 Å². The molecule has 0 saturated carbocycles. The van der Waals surface area contributed by atoms with Gasteiger partial charge in [-0.05, 0) is 19.3 Å². The van der Waals surface area contributed by atoms with Crippen molar-refractivity contribution in [3.05, 3.63) is 11.3 Å². The van der Waals surface area contributed by atoms with Gasteiger partial charge < -0.3 is 5.32 Å². The Bertz CT molecular complexity index is 265. The first-order chi connectivity index (χ1) is 5.92. The summed E-state index contributed by atoms with van der Waals surface area (Å²) in [5.41, 5.74) is 2.75. The molecular formula is C9H15N3. The van der Waals surface area contributed by atoms with E-state index in [-0.39, 0.29) is 0 Å². The van der Waals surface area contributed by atoms with E-state index in [1.807, 2.05) is 0 Å². The second kappa shape index (κ2) is 3.17. The second-order valence-electron chi connectivity index (χ2n) is 3.31. The van der Waals surface area contributed by atoms with Crippen molar-refractivity contribution in [1.82, 2.24) is 10.2 Å². The number of aryl methyl sites for hydroxylation is 1. The molecule has 0 aromatic carbocycles. The molecule has 0 spiro atoms. The van der Waals surface area contributed by atoms with Crippen molar-refractivity contribution < 1.29 is 0 Å². The van der Waals surface area contributed by atoms with Crippen molar-refractivity contribution in [3.63, 3.8) is 0 Å². The summed E-state index contributed by atoms with van der Waals surface area (Å²) < 4.78 is 0. The van der Waals surface area contributed by atoms with E-state index in [4.69, 9.17) is 0 Å². The third-order valence-electron chi connectivity index (χ3n) is 2.35. The molecule has 1 aliphatic heterocycles. The Morgan fingerprint density at radius 2 is 2.42 bits per heavy atom. The van der Waals surface area contributed by atoms with Gasteiger partial charge in [0, 0.05) is 17.8 Å². The number of H-pyrrole nitrogens is 1. The Kier molecular flexibility index (Phi) is 2.02. The maximum atomic E-state index is 4.24. The van der Waals surface area contributed by atoms with E-state index in [1.165, 1.54) is 30.5 Å². The maximum absolute atomic E-state index is 4.24. The quantitative estimate of drug-likeness (QED) is 0.700. The summed E-state index contributed by atoms with van der Waals surface area (Å²) in [5.74, 6) is 1.09. The Morgan fingerprint density at radius 1 is 1.50 bits per heavy atom. The molecule has 2 rings (SSSR count). The monoisotopic (exact) mass is 165 g/mol. The topological polar surface area (TPSA) is 40.7 Å². The summed E-state index contributed by atoms with van der Waals surface area (Å²) in [5, 5.41) is 10.6. The van der Waals surface area contributed by atoms with Crippen LogP contribution in [0.4, 0.5) is 5.82 Å². The molecule has 1 aromatic heterocycles. The molecule has 0 bridgehead atoms. The SMILES string of the molecule is CCCc1[nH]nc2c1CCCN2. The van der Waals surface area contributed by atoms with Crippen molar-refractivity contribution in [2.75, 3.05) is 11.9 Å². The number of nitrogens with one attached hydrogen (secondary N) is 2. The van der Waals surface area contributed by atoms with Crippen molar-refractivity contribution in [2.45, 2.75) is 32.6 Å². The fourth-order valence-electron chi connectivity index (χ4n) is 1.75. The highest BCUT2D eigenvalue weighted by Gasteiger charge is 2.15. The highest BCUT2D eigenvalue weighted by molar-refractivity contribution is 5.48. The summed E-state index contributed by atoms with van der Waals surface area (Å²) in [4.78, 5) is 0. The highest BCUT2D eigenvalue weighted by atomic mass is 15.2. The van der Waals surface area contributed by atoms with E-state index in [2.05, 4.69) is 22.4 Å². The first-order valence-electron chi connectivity index (χ1n) is 4.71. The molecule has 12 heavy (non-hydrogen) atoms. The Hall–Kier alpha value is -0.990. The largest absolute Gasteiger partial charge is 0.368 e. The predicted octanol–water partition coefficient (Wildman–Crippen LogP) is 1.72. The Balaban J connectivity index is 2.25. The molecule has 66 valence electrons. The van der Waals surface area contributed by atoms with E-state index in [1.54, 1.807) is 0 Å². The normalized spacial score (nSPS) is 15.4. The Morgan fingerprint density at radius 3 is 3.25 bits per heavy atom. The summed E-state index contributed by atoms with van der Waals surface area (Å²) in [6.07, 6.45) is 4.75. The van der Waals surface area contributed by atoms with Crippen molar-refractivity contribution in [1.29, 1.82) is 0 Å². The van der Waals surface area contributed by atoms with Gasteiger partial charge in [-0.15, -0.1) is 0 Å². The molecule has 0 radical (unpaired) electrons. The lowest BCUT2D eigenvalue weighted by Crippen LogP contribution is -2.11. The first-order valence-corrected chi connectivity index (χ1v) is 4.71. The second-order valence-corrected chi connectivity index (χ2v) is 3.31. The van der Waals surface area contributed by atoms with Gasteiger partial charge in [0.15, 0.2) is 5.82 Å². The number of nitrogens with zero attached hydrogens (tertiary/aromatic N) is 1. The molecule has 3 heteroatoms. The zero-order valence-corrected chi connectivity index (χ0v) is 7.48. The fourth-order valence-corrected chi connectivity index (χ4v) is 1.75. The summed E-state index contributed by atoms with van der Waals surface area (Å²) >= 11 is 0. The lowest BCUT2D eigenvalue weighted by atomic mass is 10.0. The van der Waals surface area contributed by atoms with Crippen LogP contribution in [0.1, 0.15) is 31.0 Å². The number of aromatic amines is 1. The van der Waals surface area contributed by atoms with Crippen LogP contribution >= 0.6 is 0 Å². The molecule has 2 heterocycles. The van der Waals surface area contributed by atoms with Gasteiger partial charge in [0.2, 0.25) is 0 Å². The van der Waals surface area contributed by atoms with Gasteiger partial charge in [-0.1, -0.05) is 13.3 Å². The summed E-state index contributed by atoms with van der Waals surface area (Å²) in [6, 6.07) is 0. The molecule has 0 amide bonds. The number of hydrogen-bond acceptors (Lipinski definition) is 2. The average molecular weight is 165 g/mol. The van der Waals surface area contributed by atoms with Gasteiger partial charge in [0.05, 0.1) is 0 Å². The zero-order chi connectivity index (χ0) is 8.39. The Labute approximate surface area is 72.6 Å². The minimum absolute atomic E-state index is 1.07. The van der Waals surface area contributed by atoms with Crippen LogP contribution in [-0.2, 0) is 12.8 Å². The van der Waals surface area contributed by atoms with Crippen molar-refractivity contribution in [2.24, 2.45) is 0 Å². The zero-order valence-electron chi connectivity index (χ0n) is 7.48. The van der Waals surface area contributed by atoms with Crippen LogP contribution in [0.15, 0.2) is 0 Å². The molecule has 0 aliphatic carbocycles. The van der Waals surface area contributed by atoms with Crippen LogP contribution in [0.25, 0.3) is 0 Å². The van der Waals surface area contributed by atoms with Gasteiger partial charge in [-0.25, -0.2) is 0 Å². The van der Waals surface area contributed by atoms with E-state index in [0.717, 1.165) is 18.8 Å². The van der Waals surface area contributed by atoms with Gasteiger partial charge in [-0.2, -0.15) is 5.10 Å². The number of aromatic nitrogens is 2. The third kappa shape index (κ3) is 1.19. The standard InChI is InChI=1S/C9H15N3/c1-2-4-8-7-5-3-6-10-9(7)12-11-8/h2-6H2,1H3,(H2,10,11,12). The van der Waals surface area contributed by atoms with E-state index < -0.39 is 0 Å². The van der Waals surface area contributed by atoms with Gasteiger partial charge in [0.25, 0.3) is 0 Å². The first kappa shape index (κ1) is 7.65. The van der Waals surface area contributed by atoms with Crippen LogP contribution in [-0.4, -0.2) is 16.7 Å². The molecule has 1 aromatic rings. The molecule has 0 fully saturated rings. The maximum Gasteiger partial charge on any atom is 0.151 e. The lowest BCUT2D eigenvalue weighted by molar-refractivity contribution is 0.804. The van der Waals surface area contributed by atoms with Crippen molar-refractivity contribution in [3.8, 4) is 0 Å². The lowest BCUT2D eigenvalue weighted by Gasteiger charge is -2.12. The minimum atomic E-state index is 1.07. The number of hydrogen-bond donors (Lipinski definition) is 2. The average Bonchev–Trinajstić information content (AvgIpc) is 2.50. The smallest absolute Gasteiger partial charge is 0.151 e. The molecule has 2 N–H and O–H groups in total. The number of anilines is 1. The van der Waals surface area contributed by atoms with Gasteiger partial charge in [0.1, 0.15) is 0 Å². The van der Waals surface area contributed by atoms with Gasteiger partial charge in [-0.3, -0.25) is 5.10 Å². The molecule has 0 saturated heterocycles. The summed E-state index contributed by atoms with van der Waals surface area (Å²) in [7, 11) is 0. The molecule has 0 unspecified atom stereocenters. The van der Waals surface area contributed by atoms with Crippen LogP contribution < -0.4 is 5.32 Å². The fraction of sp³-hybridized carbons (Fsp3) is 0.667. The summed E-state index contributed by atoms with van der Waals surface area (Å²) in [6.45, 7) is 3.27. The van der Waals surface area contributed by atoms with Crippen LogP contribution in [0.2, 0.25) is 0 Å². The van der Waals surface area contributed by atoms with Crippen LogP contribution in [0.5, 0.6) is 0 Å². The van der Waals surface area contributed by atoms with E-state index in [0.29, 0.717) is 0 Å². The highest BCUT2D eigenvalue weighted by Crippen LogP contribution is 2.22. The predicted molar refractivity (Wildman–Crippen MR) is 49.4 cm³/mol. The number of fused-ring (bicyclic) bond motifs is 1. The molecule has 3 nitrogen and oxygen atoms in total. The van der Waals surface area contributed by atoms with Gasteiger partial charge >= 0.3 is 0 Å². The third-order valence-corrected chi connectivity index (χ3v) is 2.35. The van der Waals surface area contributed by atoms with Crippen LogP contribution in [0.3, 0.4) is 0 Å². The van der Waals surface area contributed by atoms with Crippen molar-refractivity contribution >= 4 is 5.82 Å². The van der Waals surface area contributed by atoms with E-state index >= 15 is 0 Å². The molecular weight excluding hydrogens is 150 g/mol.